The average Bonchev–Trinajstić information content (AvgIpc) is 2.54. The lowest BCUT2D eigenvalue weighted by Gasteiger charge is -2.37. The summed E-state index contributed by atoms with van der Waals surface area (Å²) >= 11 is 0. The summed E-state index contributed by atoms with van der Waals surface area (Å²) in [5.74, 6) is 0.946. The molecule has 0 aromatic carbocycles. The average molecular weight is 297 g/mol. The number of piperidine rings is 1. The maximum atomic E-state index is 12.5. The zero-order valence-corrected chi connectivity index (χ0v) is 13.7. The number of ether oxygens (including phenoxy) is 1. The number of rotatable bonds is 6. The number of carbonyl (C=O) groups excluding carboxylic acids is 1. The van der Waals surface area contributed by atoms with Crippen molar-refractivity contribution in [3.05, 3.63) is 0 Å². The summed E-state index contributed by atoms with van der Waals surface area (Å²) in [5, 5.41) is 0. The second-order valence-electron chi connectivity index (χ2n) is 6.34. The van der Waals surface area contributed by atoms with E-state index in [4.69, 9.17) is 4.74 Å². The molecule has 2 heterocycles. The van der Waals surface area contributed by atoms with E-state index in [1.165, 1.54) is 6.42 Å². The second kappa shape index (κ2) is 8.71. The number of hydrogen-bond donors (Lipinski definition) is 0. The molecule has 2 fully saturated rings. The van der Waals surface area contributed by atoms with Gasteiger partial charge in [0.15, 0.2) is 0 Å². The lowest BCUT2D eigenvalue weighted by molar-refractivity contribution is -0.134. The van der Waals surface area contributed by atoms with E-state index in [0.717, 1.165) is 65.3 Å². The molecule has 0 N–H and O–H groups in total. The van der Waals surface area contributed by atoms with E-state index in [0.29, 0.717) is 18.4 Å². The van der Waals surface area contributed by atoms with Gasteiger partial charge in [-0.15, -0.1) is 0 Å². The minimum atomic E-state index is 0.321. The van der Waals surface area contributed by atoms with Crippen molar-refractivity contribution in [1.82, 2.24) is 14.7 Å². The Morgan fingerprint density at radius 2 is 1.86 bits per heavy atom. The lowest BCUT2D eigenvalue weighted by Crippen LogP contribution is -2.51. The summed E-state index contributed by atoms with van der Waals surface area (Å²) in [6, 6.07) is 0. The molecule has 1 amide bonds. The van der Waals surface area contributed by atoms with Gasteiger partial charge in [0.25, 0.3) is 0 Å². The normalized spacial score (nSPS) is 25.2. The van der Waals surface area contributed by atoms with Crippen LogP contribution in [-0.4, -0.2) is 86.7 Å². The van der Waals surface area contributed by atoms with Crippen molar-refractivity contribution in [3.8, 4) is 0 Å². The highest BCUT2D eigenvalue weighted by molar-refractivity contribution is 5.78. The fourth-order valence-electron chi connectivity index (χ4n) is 3.37. The highest BCUT2D eigenvalue weighted by Gasteiger charge is 2.25. The van der Waals surface area contributed by atoms with Gasteiger partial charge in [0.1, 0.15) is 0 Å². The molecule has 0 radical (unpaired) electrons. The van der Waals surface area contributed by atoms with Crippen molar-refractivity contribution in [2.75, 3.05) is 66.1 Å². The van der Waals surface area contributed by atoms with Gasteiger partial charge in [0.2, 0.25) is 5.91 Å². The second-order valence-corrected chi connectivity index (χ2v) is 6.34. The maximum Gasteiger partial charge on any atom is 0.236 e. The molecule has 0 unspecified atom stereocenters. The molecule has 0 aromatic rings. The monoisotopic (exact) mass is 297 g/mol. The van der Waals surface area contributed by atoms with E-state index in [2.05, 4.69) is 21.6 Å². The van der Waals surface area contributed by atoms with Gasteiger partial charge in [0.05, 0.1) is 6.54 Å². The van der Waals surface area contributed by atoms with Crippen LogP contribution < -0.4 is 0 Å². The van der Waals surface area contributed by atoms with Gasteiger partial charge >= 0.3 is 0 Å². The van der Waals surface area contributed by atoms with Gasteiger partial charge in [-0.2, -0.15) is 0 Å². The van der Waals surface area contributed by atoms with Crippen LogP contribution in [0.15, 0.2) is 0 Å². The lowest BCUT2D eigenvalue weighted by atomic mass is 9.95. The van der Waals surface area contributed by atoms with Crippen LogP contribution in [0.25, 0.3) is 0 Å². The topological polar surface area (TPSA) is 36.0 Å². The van der Waals surface area contributed by atoms with Gasteiger partial charge in [-0.25, -0.2) is 0 Å². The Hall–Kier alpha value is -0.650. The summed E-state index contributed by atoms with van der Waals surface area (Å²) in [5.41, 5.74) is 0. The molecule has 2 rings (SSSR count). The molecule has 5 heteroatoms. The summed E-state index contributed by atoms with van der Waals surface area (Å²) in [6.07, 6.45) is 3.46. The first kappa shape index (κ1) is 16.7. The minimum Gasteiger partial charge on any atom is -0.385 e. The third-order valence-corrected chi connectivity index (χ3v) is 4.87. The predicted octanol–water partition coefficient (Wildman–Crippen LogP) is 0.899. The third-order valence-electron chi connectivity index (χ3n) is 4.87. The maximum absolute atomic E-state index is 12.5. The van der Waals surface area contributed by atoms with Crippen molar-refractivity contribution in [2.24, 2.45) is 5.92 Å². The molecule has 0 aromatic heterocycles. The van der Waals surface area contributed by atoms with E-state index < -0.39 is 0 Å². The fourth-order valence-corrected chi connectivity index (χ4v) is 3.37. The highest BCUT2D eigenvalue weighted by Crippen LogP contribution is 2.20. The number of amides is 1. The molecule has 2 aliphatic heterocycles. The summed E-state index contributed by atoms with van der Waals surface area (Å²) in [4.78, 5) is 19.3. The molecular formula is C16H31N3O2. The molecule has 0 bridgehead atoms. The first-order valence-electron chi connectivity index (χ1n) is 8.44. The van der Waals surface area contributed by atoms with Gasteiger partial charge in [-0.3, -0.25) is 9.69 Å². The summed E-state index contributed by atoms with van der Waals surface area (Å²) in [6.45, 7) is 10.9. The van der Waals surface area contributed by atoms with E-state index in [9.17, 15) is 4.79 Å². The molecule has 1 atom stereocenters. The quantitative estimate of drug-likeness (QED) is 0.730. The van der Waals surface area contributed by atoms with Crippen molar-refractivity contribution in [2.45, 2.75) is 26.2 Å². The largest absolute Gasteiger partial charge is 0.385 e. The van der Waals surface area contributed by atoms with Crippen LogP contribution in [0.2, 0.25) is 0 Å². The Bertz CT molecular complexity index is 317. The fraction of sp³-hybridized carbons (Fsp3) is 0.938. The molecular weight excluding hydrogens is 266 g/mol. The van der Waals surface area contributed by atoms with Crippen molar-refractivity contribution in [1.29, 1.82) is 0 Å². The van der Waals surface area contributed by atoms with Crippen molar-refractivity contribution >= 4 is 5.91 Å². The zero-order valence-electron chi connectivity index (χ0n) is 13.7. The number of likely N-dealkylation sites (tertiary alicyclic amines) is 1. The van der Waals surface area contributed by atoms with Crippen LogP contribution in [0.3, 0.4) is 0 Å². The number of nitrogens with zero attached hydrogens (tertiary/aromatic N) is 3. The molecule has 2 aliphatic rings. The first-order chi connectivity index (χ1) is 10.2. The first-order valence-corrected chi connectivity index (χ1v) is 8.44. The van der Waals surface area contributed by atoms with Crippen LogP contribution in [0, 0.1) is 5.92 Å². The Morgan fingerprint density at radius 3 is 2.52 bits per heavy atom. The smallest absolute Gasteiger partial charge is 0.236 e. The van der Waals surface area contributed by atoms with Gasteiger partial charge in [-0.1, -0.05) is 6.92 Å². The van der Waals surface area contributed by atoms with Crippen LogP contribution in [0.1, 0.15) is 26.2 Å². The van der Waals surface area contributed by atoms with Crippen molar-refractivity contribution in [3.63, 3.8) is 0 Å². The van der Waals surface area contributed by atoms with E-state index in [1.807, 2.05) is 0 Å². The number of hydrogen-bond acceptors (Lipinski definition) is 4. The van der Waals surface area contributed by atoms with Crippen LogP contribution in [0.4, 0.5) is 0 Å². The summed E-state index contributed by atoms with van der Waals surface area (Å²) in [7, 11) is 1.75. The predicted molar refractivity (Wildman–Crippen MR) is 84.4 cm³/mol. The zero-order chi connectivity index (χ0) is 15.1. The van der Waals surface area contributed by atoms with E-state index >= 15 is 0 Å². The highest BCUT2D eigenvalue weighted by atomic mass is 16.5. The molecule has 0 saturated carbocycles. The number of piperazine rings is 1. The Labute approximate surface area is 129 Å². The van der Waals surface area contributed by atoms with E-state index in [1.54, 1.807) is 7.11 Å². The molecule has 2 saturated heterocycles. The minimum absolute atomic E-state index is 0.321. The number of carbonyl (C=O) groups is 1. The number of methoxy groups -OCH3 is 1. The molecule has 21 heavy (non-hydrogen) atoms. The van der Waals surface area contributed by atoms with Gasteiger partial charge < -0.3 is 14.5 Å². The standard InChI is InChI=1S/C16H31N3O2/c1-3-17-8-10-18(11-9-17)14-16(20)19-7-4-5-15(13-19)6-12-21-2/h15H,3-14H2,1-2H3/t15-/m0/s1. The summed E-state index contributed by atoms with van der Waals surface area (Å²) < 4.78 is 5.17. The Balaban J connectivity index is 1.72. The van der Waals surface area contributed by atoms with Crippen molar-refractivity contribution < 1.29 is 9.53 Å². The van der Waals surface area contributed by atoms with Crippen LogP contribution in [0.5, 0.6) is 0 Å². The van der Waals surface area contributed by atoms with Crippen LogP contribution >= 0.6 is 0 Å². The SMILES string of the molecule is CCN1CCN(CC(=O)N2CCC[C@@H](CCOC)C2)CC1. The molecule has 122 valence electrons. The van der Waals surface area contributed by atoms with Gasteiger partial charge in [0, 0.05) is 53.0 Å². The van der Waals surface area contributed by atoms with Crippen LogP contribution in [-0.2, 0) is 9.53 Å². The van der Waals surface area contributed by atoms with Gasteiger partial charge in [-0.05, 0) is 31.7 Å². The molecule has 0 aliphatic carbocycles. The number of likely N-dealkylation sites (N-methyl/N-ethyl adjacent to an activating group) is 1. The van der Waals surface area contributed by atoms with E-state index in [-0.39, 0.29) is 0 Å². The third kappa shape index (κ3) is 5.24. The Morgan fingerprint density at radius 1 is 1.14 bits per heavy atom. The molecule has 0 spiro atoms. The Kier molecular flexibility index (Phi) is 6.93. The molecule has 5 nitrogen and oxygen atoms in total.